The van der Waals surface area contributed by atoms with Gasteiger partial charge in [-0.1, -0.05) is 32.9 Å². The van der Waals surface area contributed by atoms with Crippen molar-refractivity contribution < 1.29 is 27.5 Å². The molecule has 1 fully saturated rings. The molecule has 0 bridgehead atoms. The largest absolute Gasteiger partial charge is 0.573 e. The Morgan fingerprint density at radius 1 is 1.18 bits per heavy atom. The van der Waals surface area contributed by atoms with Crippen LogP contribution >= 0.6 is 0 Å². The Kier molecular flexibility index (Phi) is 6.62. The molecule has 156 valence electrons. The predicted octanol–water partition coefficient (Wildman–Crippen LogP) is 3.83. The van der Waals surface area contributed by atoms with Crippen molar-refractivity contribution in [2.24, 2.45) is 11.3 Å². The molecule has 1 aliphatic heterocycles. The lowest BCUT2D eigenvalue weighted by molar-refractivity contribution is -0.274. The highest BCUT2D eigenvalue weighted by atomic mass is 19.4. The van der Waals surface area contributed by atoms with Gasteiger partial charge in [-0.05, 0) is 30.5 Å². The zero-order valence-corrected chi connectivity index (χ0v) is 16.7. The molecule has 0 aromatic heterocycles. The van der Waals surface area contributed by atoms with Gasteiger partial charge in [-0.2, -0.15) is 0 Å². The Labute approximate surface area is 163 Å². The first-order valence-electron chi connectivity index (χ1n) is 9.26. The molecule has 0 radical (unpaired) electrons. The van der Waals surface area contributed by atoms with E-state index >= 15 is 0 Å². The van der Waals surface area contributed by atoms with Crippen molar-refractivity contribution in [2.75, 3.05) is 20.1 Å². The second-order valence-corrected chi connectivity index (χ2v) is 8.23. The van der Waals surface area contributed by atoms with E-state index < -0.39 is 11.8 Å². The van der Waals surface area contributed by atoms with Crippen LogP contribution in [0.15, 0.2) is 24.3 Å². The van der Waals surface area contributed by atoms with Crippen LogP contribution in [0.25, 0.3) is 0 Å². The number of nitrogens with zero attached hydrogens (tertiary/aromatic N) is 2. The fraction of sp³-hybridized carbons (Fsp3) is 0.600. The number of halogens is 3. The maximum absolute atomic E-state index is 12.8. The minimum Gasteiger partial charge on any atom is -0.406 e. The number of rotatable bonds is 4. The van der Waals surface area contributed by atoms with Gasteiger partial charge in [0.15, 0.2) is 0 Å². The third-order valence-corrected chi connectivity index (χ3v) is 4.65. The van der Waals surface area contributed by atoms with Crippen LogP contribution in [0.3, 0.4) is 0 Å². The Hall–Kier alpha value is -2.25. The van der Waals surface area contributed by atoms with Gasteiger partial charge in [-0.3, -0.25) is 9.59 Å². The average molecular weight is 400 g/mol. The summed E-state index contributed by atoms with van der Waals surface area (Å²) in [6, 6.07) is 5.46. The standard InChI is InChI=1S/C20H27F3N2O3/c1-19(2,3)18(27)25-11-5-6-15(13-25)17(26)24(4)12-14-7-9-16(10-8-14)28-20(21,22)23/h7-10,15H,5-6,11-13H2,1-4H3. The third-order valence-electron chi connectivity index (χ3n) is 4.65. The quantitative estimate of drug-likeness (QED) is 0.772. The summed E-state index contributed by atoms with van der Waals surface area (Å²) >= 11 is 0. The molecule has 1 aromatic rings. The number of carbonyl (C=O) groups excluding carboxylic acids is 2. The SMILES string of the molecule is CN(Cc1ccc(OC(F)(F)F)cc1)C(=O)C1CCCN(C(=O)C(C)(C)C)C1. The number of piperidine rings is 1. The van der Waals surface area contributed by atoms with E-state index in [1.165, 1.54) is 24.3 Å². The molecule has 2 rings (SSSR count). The summed E-state index contributed by atoms with van der Waals surface area (Å²) in [7, 11) is 1.66. The van der Waals surface area contributed by atoms with Crippen molar-refractivity contribution >= 4 is 11.8 Å². The average Bonchev–Trinajstić information content (AvgIpc) is 2.60. The highest BCUT2D eigenvalue weighted by molar-refractivity contribution is 5.83. The van der Waals surface area contributed by atoms with E-state index in [1.54, 1.807) is 16.8 Å². The first-order valence-corrected chi connectivity index (χ1v) is 9.26. The Balaban J connectivity index is 1.95. The fourth-order valence-corrected chi connectivity index (χ4v) is 3.30. The molecule has 5 nitrogen and oxygen atoms in total. The van der Waals surface area contributed by atoms with Crippen molar-refractivity contribution in [2.45, 2.75) is 46.5 Å². The minimum absolute atomic E-state index is 0.0351. The molecular weight excluding hydrogens is 373 g/mol. The highest BCUT2D eigenvalue weighted by Gasteiger charge is 2.34. The van der Waals surface area contributed by atoms with Crippen LogP contribution in [0.5, 0.6) is 5.75 Å². The maximum Gasteiger partial charge on any atom is 0.573 e. The summed E-state index contributed by atoms with van der Waals surface area (Å²) in [5, 5.41) is 0. The number of amides is 2. The molecule has 1 heterocycles. The van der Waals surface area contributed by atoms with Crippen molar-refractivity contribution in [3.8, 4) is 5.75 Å². The number of hydrogen-bond donors (Lipinski definition) is 0. The van der Waals surface area contributed by atoms with Gasteiger partial charge >= 0.3 is 6.36 Å². The van der Waals surface area contributed by atoms with Gasteiger partial charge in [-0.25, -0.2) is 0 Å². The van der Waals surface area contributed by atoms with Crippen molar-refractivity contribution in [1.29, 1.82) is 0 Å². The molecule has 2 amide bonds. The van der Waals surface area contributed by atoms with Crippen LogP contribution in [-0.4, -0.2) is 48.1 Å². The molecular formula is C20H27F3N2O3. The Morgan fingerprint density at radius 2 is 1.79 bits per heavy atom. The van der Waals surface area contributed by atoms with Crippen LogP contribution in [0, 0.1) is 11.3 Å². The summed E-state index contributed by atoms with van der Waals surface area (Å²) < 4.78 is 40.5. The topological polar surface area (TPSA) is 49.9 Å². The molecule has 28 heavy (non-hydrogen) atoms. The van der Waals surface area contributed by atoms with Crippen LogP contribution in [0.1, 0.15) is 39.2 Å². The lowest BCUT2D eigenvalue weighted by Gasteiger charge is -2.37. The lowest BCUT2D eigenvalue weighted by atomic mass is 9.90. The first-order chi connectivity index (χ1) is 12.9. The number of ether oxygens (including phenoxy) is 1. The monoisotopic (exact) mass is 400 g/mol. The summed E-state index contributed by atoms with van der Waals surface area (Å²) in [5.41, 5.74) is 0.209. The molecule has 1 atom stereocenters. The van der Waals surface area contributed by atoms with Crippen molar-refractivity contribution in [3.05, 3.63) is 29.8 Å². The second-order valence-electron chi connectivity index (χ2n) is 8.23. The minimum atomic E-state index is -4.73. The summed E-state index contributed by atoms with van der Waals surface area (Å²) in [6.45, 7) is 6.91. The maximum atomic E-state index is 12.8. The number of hydrogen-bond acceptors (Lipinski definition) is 3. The van der Waals surface area contributed by atoms with E-state index in [4.69, 9.17) is 0 Å². The smallest absolute Gasteiger partial charge is 0.406 e. The Morgan fingerprint density at radius 3 is 2.32 bits per heavy atom. The van der Waals surface area contributed by atoms with E-state index in [9.17, 15) is 22.8 Å². The van der Waals surface area contributed by atoms with Gasteiger partial charge in [0.05, 0.1) is 5.92 Å². The van der Waals surface area contributed by atoms with E-state index in [0.717, 1.165) is 12.8 Å². The molecule has 1 unspecified atom stereocenters. The molecule has 0 saturated carbocycles. The van der Waals surface area contributed by atoms with Gasteiger partial charge < -0.3 is 14.5 Å². The number of alkyl halides is 3. The van der Waals surface area contributed by atoms with E-state index in [2.05, 4.69) is 4.74 Å². The van der Waals surface area contributed by atoms with Crippen LogP contribution in [0.4, 0.5) is 13.2 Å². The predicted molar refractivity (Wildman–Crippen MR) is 98.4 cm³/mol. The van der Waals surface area contributed by atoms with Crippen molar-refractivity contribution in [3.63, 3.8) is 0 Å². The van der Waals surface area contributed by atoms with Gasteiger partial charge in [0, 0.05) is 32.1 Å². The van der Waals surface area contributed by atoms with E-state index in [1.807, 2.05) is 20.8 Å². The van der Waals surface area contributed by atoms with Gasteiger partial charge in [0.2, 0.25) is 11.8 Å². The first kappa shape index (κ1) is 22.0. The van der Waals surface area contributed by atoms with E-state index in [-0.39, 0.29) is 30.0 Å². The van der Waals surface area contributed by atoms with Gasteiger partial charge in [0.25, 0.3) is 0 Å². The summed E-state index contributed by atoms with van der Waals surface area (Å²) in [4.78, 5) is 28.6. The molecule has 0 spiro atoms. The van der Waals surface area contributed by atoms with Gasteiger partial charge in [0.1, 0.15) is 5.75 Å². The van der Waals surface area contributed by atoms with Gasteiger partial charge in [-0.15, -0.1) is 13.2 Å². The van der Waals surface area contributed by atoms with Crippen LogP contribution in [0.2, 0.25) is 0 Å². The molecule has 1 saturated heterocycles. The highest BCUT2D eigenvalue weighted by Crippen LogP contribution is 2.26. The lowest BCUT2D eigenvalue weighted by Crippen LogP contribution is -2.48. The molecule has 0 aliphatic carbocycles. The van der Waals surface area contributed by atoms with Crippen molar-refractivity contribution in [1.82, 2.24) is 9.80 Å². The van der Waals surface area contributed by atoms with Crippen LogP contribution in [-0.2, 0) is 16.1 Å². The molecule has 1 aromatic carbocycles. The third kappa shape index (κ3) is 6.14. The Bertz CT molecular complexity index is 696. The van der Waals surface area contributed by atoms with E-state index in [0.29, 0.717) is 18.7 Å². The zero-order valence-electron chi connectivity index (χ0n) is 16.7. The fourth-order valence-electron chi connectivity index (χ4n) is 3.30. The number of likely N-dealkylation sites (tertiary alicyclic amines) is 1. The zero-order chi connectivity index (χ0) is 21.1. The molecule has 8 heteroatoms. The second kappa shape index (κ2) is 8.41. The molecule has 0 N–H and O–H groups in total. The normalized spacial score (nSPS) is 18.0. The molecule has 1 aliphatic rings. The number of benzene rings is 1. The summed E-state index contributed by atoms with van der Waals surface area (Å²) in [6.07, 6.45) is -3.24. The number of carbonyl (C=O) groups is 2. The van der Waals surface area contributed by atoms with Crippen LogP contribution < -0.4 is 4.74 Å². The summed E-state index contributed by atoms with van der Waals surface area (Å²) in [5.74, 6) is -0.596.